The maximum absolute atomic E-state index is 11.8. The summed E-state index contributed by atoms with van der Waals surface area (Å²) in [4.78, 5) is 22.8. The van der Waals surface area contributed by atoms with E-state index < -0.39 is 12.0 Å². The Morgan fingerprint density at radius 3 is 2.44 bits per heavy atom. The number of carbonyl (C=O) groups excluding carboxylic acids is 1. The molecule has 1 rings (SSSR count). The van der Waals surface area contributed by atoms with Crippen LogP contribution >= 0.6 is 0 Å². The second-order valence-electron chi connectivity index (χ2n) is 5.33. The Bertz CT molecular complexity index is 326. The van der Waals surface area contributed by atoms with E-state index in [1.54, 1.807) is 0 Å². The molecule has 102 valence electrons. The molecule has 0 spiro atoms. The van der Waals surface area contributed by atoms with Gasteiger partial charge in [-0.15, -0.1) is 0 Å². The van der Waals surface area contributed by atoms with E-state index in [2.05, 4.69) is 5.32 Å². The van der Waals surface area contributed by atoms with Gasteiger partial charge < -0.3 is 10.4 Å². The molecule has 4 nitrogen and oxygen atoms in total. The van der Waals surface area contributed by atoms with Gasteiger partial charge in [0.15, 0.2) is 0 Å². The number of amides is 1. The highest BCUT2D eigenvalue weighted by atomic mass is 16.4. The number of nitrogens with one attached hydrogen (secondary N) is 1. The van der Waals surface area contributed by atoms with E-state index in [4.69, 9.17) is 5.11 Å². The molecular weight excluding hydrogens is 230 g/mol. The summed E-state index contributed by atoms with van der Waals surface area (Å²) in [6, 6.07) is -0.797. The van der Waals surface area contributed by atoms with Gasteiger partial charge in [0.2, 0.25) is 5.91 Å². The van der Waals surface area contributed by atoms with Crippen LogP contribution in [0.3, 0.4) is 0 Å². The highest BCUT2D eigenvalue weighted by molar-refractivity contribution is 5.83. The van der Waals surface area contributed by atoms with Crippen LogP contribution < -0.4 is 5.32 Å². The Morgan fingerprint density at radius 2 is 1.94 bits per heavy atom. The quantitative estimate of drug-likeness (QED) is 0.715. The number of carboxylic acid groups (broad SMARTS) is 1. The third kappa shape index (κ3) is 5.34. The van der Waals surface area contributed by atoms with Crippen LogP contribution in [0.5, 0.6) is 0 Å². The van der Waals surface area contributed by atoms with Crippen LogP contribution in [0.2, 0.25) is 0 Å². The van der Waals surface area contributed by atoms with Crippen molar-refractivity contribution >= 4 is 11.9 Å². The van der Waals surface area contributed by atoms with E-state index in [-0.39, 0.29) is 5.91 Å². The number of hydrogen-bond donors (Lipinski definition) is 2. The minimum atomic E-state index is -0.965. The molecule has 0 aliphatic heterocycles. The van der Waals surface area contributed by atoms with E-state index in [1.807, 2.05) is 19.9 Å². The van der Waals surface area contributed by atoms with Crippen molar-refractivity contribution in [3.05, 3.63) is 11.6 Å². The third-order valence-electron chi connectivity index (χ3n) is 3.34. The lowest BCUT2D eigenvalue weighted by Crippen LogP contribution is -2.41. The van der Waals surface area contributed by atoms with Gasteiger partial charge in [-0.3, -0.25) is 4.79 Å². The van der Waals surface area contributed by atoms with Gasteiger partial charge in [0.25, 0.3) is 0 Å². The van der Waals surface area contributed by atoms with Gasteiger partial charge >= 0.3 is 5.97 Å². The van der Waals surface area contributed by atoms with Crippen molar-refractivity contribution in [2.45, 2.75) is 58.4 Å². The van der Waals surface area contributed by atoms with Gasteiger partial charge in [0.1, 0.15) is 6.04 Å². The van der Waals surface area contributed by atoms with Crippen LogP contribution in [-0.4, -0.2) is 23.0 Å². The summed E-state index contributed by atoms with van der Waals surface area (Å²) in [5.74, 6) is -0.647. The third-order valence-corrected chi connectivity index (χ3v) is 3.34. The Morgan fingerprint density at radius 1 is 1.33 bits per heavy atom. The highest BCUT2D eigenvalue weighted by Gasteiger charge is 2.22. The molecule has 1 fully saturated rings. The molecule has 2 N–H and O–H groups in total. The first kappa shape index (κ1) is 14.7. The van der Waals surface area contributed by atoms with Gasteiger partial charge in [-0.25, -0.2) is 4.79 Å². The smallest absolute Gasteiger partial charge is 0.326 e. The molecule has 0 saturated heterocycles. The number of allylic oxidation sites excluding steroid dienone is 1. The molecule has 1 atom stereocenters. The van der Waals surface area contributed by atoms with Gasteiger partial charge in [-0.1, -0.05) is 24.5 Å². The second kappa shape index (κ2) is 7.19. The minimum Gasteiger partial charge on any atom is -0.480 e. The van der Waals surface area contributed by atoms with Crippen molar-refractivity contribution in [1.29, 1.82) is 0 Å². The summed E-state index contributed by atoms with van der Waals surface area (Å²) in [7, 11) is 0. The Hall–Kier alpha value is -1.32. The maximum atomic E-state index is 11.8. The van der Waals surface area contributed by atoms with Crippen molar-refractivity contribution in [3.63, 3.8) is 0 Å². The molecule has 1 saturated carbocycles. The van der Waals surface area contributed by atoms with Crippen molar-refractivity contribution in [1.82, 2.24) is 5.32 Å². The first-order valence-electron chi connectivity index (χ1n) is 6.64. The molecule has 1 aliphatic rings. The SMILES string of the molecule is CC(C)=CC[C@H](NC(=O)CC1CCCC1)C(=O)O. The summed E-state index contributed by atoms with van der Waals surface area (Å²) in [5, 5.41) is 11.7. The zero-order valence-corrected chi connectivity index (χ0v) is 11.2. The molecule has 1 aliphatic carbocycles. The van der Waals surface area contributed by atoms with Crippen molar-refractivity contribution in [2.24, 2.45) is 5.92 Å². The van der Waals surface area contributed by atoms with E-state index in [1.165, 1.54) is 12.8 Å². The standard InChI is InChI=1S/C14H23NO3/c1-10(2)7-8-12(14(17)18)15-13(16)9-11-5-3-4-6-11/h7,11-12H,3-6,8-9H2,1-2H3,(H,15,16)(H,17,18)/t12-/m0/s1. The molecule has 18 heavy (non-hydrogen) atoms. The Kier molecular flexibility index (Phi) is 5.89. The zero-order valence-electron chi connectivity index (χ0n) is 11.2. The molecule has 0 aromatic heterocycles. The Balaban J connectivity index is 2.41. The van der Waals surface area contributed by atoms with Crippen molar-refractivity contribution in [2.75, 3.05) is 0 Å². The van der Waals surface area contributed by atoms with Gasteiger partial charge in [0.05, 0.1) is 0 Å². The molecule has 1 amide bonds. The lowest BCUT2D eigenvalue weighted by Gasteiger charge is -2.15. The molecule has 0 aromatic carbocycles. The molecule has 0 bridgehead atoms. The normalized spacial score (nSPS) is 17.2. The number of aliphatic carboxylic acids is 1. The lowest BCUT2D eigenvalue weighted by atomic mass is 10.0. The van der Waals surface area contributed by atoms with Gasteiger partial charge in [-0.05, 0) is 39.0 Å². The highest BCUT2D eigenvalue weighted by Crippen LogP contribution is 2.27. The van der Waals surface area contributed by atoms with Crippen molar-refractivity contribution in [3.8, 4) is 0 Å². The first-order chi connectivity index (χ1) is 8.49. The summed E-state index contributed by atoms with van der Waals surface area (Å²) in [6.45, 7) is 3.83. The number of carboxylic acids is 1. The Labute approximate surface area is 108 Å². The molecule has 0 aromatic rings. The summed E-state index contributed by atoms with van der Waals surface area (Å²) in [6.07, 6.45) is 7.25. The summed E-state index contributed by atoms with van der Waals surface area (Å²) < 4.78 is 0. The molecule has 0 radical (unpaired) electrons. The van der Waals surface area contributed by atoms with Crippen LogP contribution in [0.1, 0.15) is 52.4 Å². The van der Waals surface area contributed by atoms with Crippen molar-refractivity contribution < 1.29 is 14.7 Å². The van der Waals surface area contributed by atoms with Gasteiger partial charge in [0, 0.05) is 6.42 Å². The fraction of sp³-hybridized carbons (Fsp3) is 0.714. The van der Waals surface area contributed by atoms with E-state index in [0.717, 1.165) is 18.4 Å². The predicted molar refractivity (Wildman–Crippen MR) is 70.2 cm³/mol. The maximum Gasteiger partial charge on any atom is 0.326 e. The largest absolute Gasteiger partial charge is 0.480 e. The topological polar surface area (TPSA) is 66.4 Å². The summed E-state index contributed by atoms with van der Waals surface area (Å²) >= 11 is 0. The van der Waals surface area contributed by atoms with Crippen LogP contribution in [0.4, 0.5) is 0 Å². The van der Waals surface area contributed by atoms with E-state index >= 15 is 0 Å². The van der Waals surface area contributed by atoms with Crippen LogP contribution in [-0.2, 0) is 9.59 Å². The minimum absolute atomic E-state index is 0.128. The molecular formula is C14H23NO3. The van der Waals surface area contributed by atoms with E-state index in [9.17, 15) is 9.59 Å². The molecule has 0 heterocycles. The molecule has 0 unspecified atom stereocenters. The summed E-state index contributed by atoms with van der Waals surface area (Å²) in [5.41, 5.74) is 1.06. The number of rotatable bonds is 6. The fourth-order valence-electron chi connectivity index (χ4n) is 2.30. The molecule has 4 heteroatoms. The number of hydrogen-bond acceptors (Lipinski definition) is 2. The van der Waals surface area contributed by atoms with Gasteiger partial charge in [-0.2, -0.15) is 0 Å². The average Bonchev–Trinajstić information content (AvgIpc) is 2.76. The fourth-order valence-corrected chi connectivity index (χ4v) is 2.30. The first-order valence-corrected chi connectivity index (χ1v) is 6.64. The monoisotopic (exact) mass is 253 g/mol. The average molecular weight is 253 g/mol. The van der Waals surface area contributed by atoms with E-state index in [0.29, 0.717) is 18.8 Å². The zero-order chi connectivity index (χ0) is 13.5. The van der Waals surface area contributed by atoms with Crippen LogP contribution in [0.25, 0.3) is 0 Å². The lowest BCUT2D eigenvalue weighted by molar-refractivity contribution is -0.141. The van der Waals surface area contributed by atoms with Crippen LogP contribution in [0, 0.1) is 5.92 Å². The predicted octanol–water partition coefficient (Wildman–Crippen LogP) is 2.49. The number of carbonyl (C=O) groups is 2. The van der Waals surface area contributed by atoms with Crippen LogP contribution in [0.15, 0.2) is 11.6 Å². The second-order valence-corrected chi connectivity index (χ2v) is 5.33.